The molecule has 1 unspecified atom stereocenters. The molecule has 1 atom stereocenters. The van der Waals surface area contributed by atoms with E-state index < -0.39 is 0 Å². The zero-order valence-corrected chi connectivity index (χ0v) is 13.4. The summed E-state index contributed by atoms with van der Waals surface area (Å²) in [6.45, 7) is 6.90. The Morgan fingerprint density at radius 2 is 2.10 bits per heavy atom. The molecule has 0 aromatic heterocycles. The zero-order valence-electron chi connectivity index (χ0n) is 12.6. The number of carbonyl (C=O) groups is 1. The third kappa shape index (κ3) is 5.33. The van der Waals surface area contributed by atoms with Gasteiger partial charge in [0.05, 0.1) is 17.3 Å². The fourth-order valence-corrected chi connectivity index (χ4v) is 2.63. The lowest BCUT2D eigenvalue weighted by atomic mass is 10.1. The number of anilines is 1. The number of hydrogen-bond donors (Lipinski definition) is 2. The van der Waals surface area contributed by atoms with Gasteiger partial charge < -0.3 is 15.8 Å². The third-order valence-corrected chi connectivity index (χ3v) is 4.04. The van der Waals surface area contributed by atoms with Crippen molar-refractivity contribution in [1.29, 1.82) is 0 Å². The topological polar surface area (TPSA) is 64.3 Å². The second kappa shape index (κ2) is 8.04. The Bertz CT molecular complexity index is 449. The fraction of sp³-hybridized carbons (Fsp3) is 0.533. The summed E-state index contributed by atoms with van der Waals surface area (Å²) in [7, 11) is 1.60. The number of ether oxygens (including phenoxy) is 1. The highest BCUT2D eigenvalue weighted by Gasteiger charge is 2.16. The van der Waals surface area contributed by atoms with Crippen molar-refractivity contribution < 1.29 is 9.53 Å². The molecule has 0 saturated carbocycles. The molecule has 0 saturated heterocycles. The van der Waals surface area contributed by atoms with Crippen LogP contribution in [0.5, 0.6) is 5.75 Å². The minimum absolute atomic E-state index is 0.0505. The predicted molar refractivity (Wildman–Crippen MR) is 85.2 cm³/mol. The molecular formula is C15H24N2O2S. The average molecular weight is 296 g/mol. The number of carbonyl (C=O) groups excluding carboxylic acids is 1. The number of benzene rings is 1. The van der Waals surface area contributed by atoms with Crippen LogP contribution in [0.3, 0.4) is 0 Å². The minimum atomic E-state index is -0.167. The monoisotopic (exact) mass is 296 g/mol. The number of hydrogen-bond acceptors (Lipinski definition) is 4. The maximum absolute atomic E-state index is 12.0. The highest BCUT2D eigenvalue weighted by atomic mass is 32.2. The lowest BCUT2D eigenvalue weighted by Crippen LogP contribution is -2.32. The number of thioether (sulfide) groups is 1. The first-order valence-corrected chi connectivity index (χ1v) is 7.70. The van der Waals surface area contributed by atoms with E-state index in [1.54, 1.807) is 13.2 Å². The van der Waals surface area contributed by atoms with Gasteiger partial charge in [-0.3, -0.25) is 4.79 Å². The maximum atomic E-state index is 12.0. The Morgan fingerprint density at radius 1 is 1.40 bits per heavy atom. The van der Waals surface area contributed by atoms with Crippen molar-refractivity contribution in [2.45, 2.75) is 37.3 Å². The highest BCUT2D eigenvalue weighted by molar-refractivity contribution is 8.00. The van der Waals surface area contributed by atoms with Crippen molar-refractivity contribution in [3.8, 4) is 5.75 Å². The van der Waals surface area contributed by atoms with Gasteiger partial charge in [0.2, 0.25) is 5.91 Å². The molecule has 5 heteroatoms. The van der Waals surface area contributed by atoms with Crippen LogP contribution in [-0.4, -0.2) is 24.8 Å². The van der Waals surface area contributed by atoms with E-state index in [0.29, 0.717) is 17.4 Å². The Labute approximate surface area is 125 Å². The molecular weight excluding hydrogens is 272 g/mol. The molecule has 0 aliphatic heterocycles. The van der Waals surface area contributed by atoms with E-state index in [2.05, 4.69) is 19.2 Å². The molecule has 0 heterocycles. The van der Waals surface area contributed by atoms with Crippen LogP contribution in [0, 0.1) is 5.92 Å². The summed E-state index contributed by atoms with van der Waals surface area (Å²) in [4.78, 5) is 12.9. The van der Waals surface area contributed by atoms with Crippen LogP contribution in [0.25, 0.3) is 0 Å². The molecule has 0 fully saturated rings. The number of rotatable bonds is 7. The first-order chi connectivity index (χ1) is 9.43. The normalized spacial score (nSPS) is 12.2. The number of nitrogen functional groups attached to an aromatic ring is 1. The van der Waals surface area contributed by atoms with Gasteiger partial charge in [-0.2, -0.15) is 0 Å². The quantitative estimate of drug-likeness (QED) is 0.600. The Hall–Kier alpha value is -1.36. The molecule has 1 rings (SSSR count). The summed E-state index contributed by atoms with van der Waals surface area (Å²) < 4.78 is 5.29. The lowest BCUT2D eigenvalue weighted by molar-refractivity contribution is -0.120. The Morgan fingerprint density at radius 3 is 2.70 bits per heavy atom. The molecule has 0 spiro atoms. The van der Waals surface area contributed by atoms with E-state index in [1.807, 2.05) is 19.1 Å². The van der Waals surface area contributed by atoms with Crippen molar-refractivity contribution in [2.24, 2.45) is 5.92 Å². The van der Waals surface area contributed by atoms with Crippen LogP contribution in [0.15, 0.2) is 23.1 Å². The molecule has 1 aromatic carbocycles. The summed E-state index contributed by atoms with van der Waals surface area (Å²) in [5, 5.41) is 2.79. The molecule has 112 valence electrons. The van der Waals surface area contributed by atoms with Crippen molar-refractivity contribution in [1.82, 2.24) is 5.32 Å². The molecule has 4 nitrogen and oxygen atoms in total. The van der Waals surface area contributed by atoms with Gasteiger partial charge in [0.1, 0.15) is 5.75 Å². The van der Waals surface area contributed by atoms with Gasteiger partial charge in [-0.05, 0) is 31.4 Å². The number of amides is 1. The van der Waals surface area contributed by atoms with E-state index in [-0.39, 0.29) is 11.2 Å². The summed E-state index contributed by atoms with van der Waals surface area (Å²) in [5.74, 6) is 1.35. The molecule has 0 bridgehead atoms. The van der Waals surface area contributed by atoms with Crippen LogP contribution in [0.2, 0.25) is 0 Å². The summed E-state index contributed by atoms with van der Waals surface area (Å²) in [6.07, 6.45) is 0.994. The van der Waals surface area contributed by atoms with Gasteiger partial charge in [0.15, 0.2) is 0 Å². The molecule has 20 heavy (non-hydrogen) atoms. The molecule has 0 aliphatic carbocycles. The summed E-state index contributed by atoms with van der Waals surface area (Å²) in [5.41, 5.74) is 6.37. The third-order valence-electron chi connectivity index (χ3n) is 2.88. The molecule has 1 aromatic rings. The molecule has 0 aliphatic rings. The largest absolute Gasteiger partial charge is 0.496 e. The van der Waals surface area contributed by atoms with Gasteiger partial charge in [-0.15, -0.1) is 11.8 Å². The van der Waals surface area contributed by atoms with Gasteiger partial charge in [0.25, 0.3) is 0 Å². The summed E-state index contributed by atoms with van der Waals surface area (Å²) >= 11 is 1.48. The van der Waals surface area contributed by atoms with Crippen molar-refractivity contribution in [3.05, 3.63) is 18.2 Å². The second-order valence-electron chi connectivity index (χ2n) is 5.14. The van der Waals surface area contributed by atoms with Crippen molar-refractivity contribution in [2.75, 3.05) is 19.4 Å². The van der Waals surface area contributed by atoms with Gasteiger partial charge >= 0.3 is 0 Å². The van der Waals surface area contributed by atoms with Crippen LogP contribution in [0.4, 0.5) is 5.69 Å². The SMILES string of the molecule is COc1cc(N)ccc1SC(C)C(=O)NCCC(C)C. The van der Waals surface area contributed by atoms with Crippen LogP contribution in [-0.2, 0) is 4.79 Å². The summed E-state index contributed by atoms with van der Waals surface area (Å²) in [6, 6.07) is 5.47. The van der Waals surface area contributed by atoms with Crippen molar-refractivity contribution >= 4 is 23.4 Å². The van der Waals surface area contributed by atoms with Crippen LogP contribution < -0.4 is 15.8 Å². The lowest BCUT2D eigenvalue weighted by Gasteiger charge is -2.15. The maximum Gasteiger partial charge on any atom is 0.233 e. The average Bonchev–Trinajstić information content (AvgIpc) is 2.40. The Balaban J connectivity index is 2.57. The number of nitrogens with one attached hydrogen (secondary N) is 1. The predicted octanol–water partition coefficient (Wildman–Crippen LogP) is 2.92. The number of nitrogens with two attached hydrogens (primary N) is 1. The first-order valence-electron chi connectivity index (χ1n) is 6.82. The van der Waals surface area contributed by atoms with Crippen LogP contribution in [0.1, 0.15) is 27.2 Å². The highest BCUT2D eigenvalue weighted by Crippen LogP contribution is 2.33. The van der Waals surface area contributed by atoms with Gasteiger partial charge in [0, 0.05) is 18.3 Å². The van der Waals surface area contributed by atoms with Gasteiger partial charge in [-0.1, -0.05) is 13.8 Å². The second-order valence-corrected chi connectivity index (χ2v) is 6.53. The van der Waals surface area contributed by atoms with Gasteiger partial charge in [-0.25, -0.2) is 0 Å². The standard InChI is InChI=1S/C15H24N2O2S/c1-10(2)7-8-17-15(18)11(3)20-14-6-5-12(16)9-13(14)19-4/h5-6,9-11H,7-8,16H2,1-4H3,(H,17,18). The number of methoxy groups -OCH3 is 1. The smallest absolute Gasteiger partial charge is 0.233 e. The molecule has 0 radical (unpaired) electrons. The zero-order chi connectivity index (χ0) is 15.1. The Kier molecular flexibility index (Phi) is 6.71. The molecule has 1 amide bonds. The van der Waals surface area contributed by atoms with E-state index in [4.69, 9.17) is 10.5 Å². The van der Waals surface area contributed by atoms with E-state index in [9.17, 15) is 4.79 Å². The van der Waals surface area contributed by atoms with E-state index in [0.717, 1.165) is 17.9 Å². The van der Waals surface area contributed by atoms with E-state index in [1.165, 1.54) is 11.8 Å². The van der Waals surface area contributed by atoms with E-state index >= 15 is 0 Å². The minimum Gasteiger partial charge on any atom is -0.496 e. The molecule has 3 N–H and O–H groups in total. The fourth-order valence-electron chi connectivity index (χ4n) is 1.65. The van der Waals surface area contributed by atoms with Crippen LogP contribution >= 0.6 is 11.8 Å². The van der Waals surface area contributed by atoms with Crippen molar-refractivity contribution in [3.63, 3.8) is 0 Å². The first kappa shape index (κ1) is 16.7.